The fourth-order valence-electron chi connectivity index (χ4n) is 1.95. The zero-order valence-electron chi connectivity index (χ0n) is 13.8. The number of thiophene rings is 1. The summed E-state index contributed by atoms with van der Waals surface area (Å²) in [6.45, 7) is 7.58. The van der Waals surface area contributed by atoms with Crippen LogP contribution in [0.4, 0.5) is 5.82 Å². The minimum absolute atomic E-state index is 0. The number of esters is 1. The molecule has 0 radical (unpaired) electrons. The van der Waals surface area contributed by atoms with Crippen LogP contribution >= 0.6 is 23.7 Å². The number of hydrogen-bond acceptors (Lipinski definition) is 7. The summed E-state index contributed by atoms with van der Waals surface area (Å²) in [7, 11) is 0. The third-order valence-electron chi connectivity index (χ3n) is 3.18. The maximum absolute atomic E-state index is 12.2. The molecule has 2 N–H and O–H groups in total. The van der Waals surface area contributed by atoms with Gasteiger partial charge in [-0.25, -0.2) is 14.8 Å². The average Bonchev–Trinajstić information content (AvgIpc) is 2.83. The molecule has 7 nitrogen and oxygen atoms in total. The molecule has 0 fully saturated rings. The van der Waals surface area contributed by atoms with Crippen LogP contribution in [0, 0.1) is 12.8 Å². The molecule has 1 unspecified atom stereocenters. The van der Waals surface area contributed by atoms with Crippen molar-refractivity contribution in [1.82, 2.24) is 9.97 Å². The number of carboxylic acid groups (broad SMARTS) is 1. The number of aliphatic carboxylic acids is 1. The van der Waals surface area contributed by atoms with Crippen LogP contribution in [0.15, 0.2) is 6.33 Å². The number of carbonyl (C=O) groups excluding carboxylic acids is 1. The zero-order valence-corrected chi connectivity index (χ0v) is 15.5. The molecule has 0 saturated carbocycles. The Morgan fingerprint density at radius 2 is 2.00 bits per heavy atom. The summed E-state index contributed by atoms with van der Waals surface area (Å²) >= 11 is 1.22. The molecule has 132 valence electrons. The highest BCUT2D eigenvalue weighted by atomic mass is 35.5. The van der Waals surface area contributed by atoms with Crippen molar-refractivity contribution in [2.45, 2.75) is 33.7 Å². The second-order valence-corrected chi connectivity index (χ2v) is 6.65. The maximum atomic E-state index is 12.2. The standard InChI is InChI=1S/C15H19N3O4S.ClH/c1-7(2)5-22-15(21)11-8(3)10-12(18-9(4)14(19)20)16-6-17-13(10)23-11;/h6-7,9H,5H2,1-4H3,(H,19,20)(H,16,17,18);1H. The topological polar surface area (TPSA) is 101 Å². The zero-order chi connectivity index (χ0) is 17.1. The lowest BCUT2D eigenvalue weighted by Crippen LogP contribution is -2.26. The molecule has 0 aliphatic heterocycles. The third kappa shape index (κ3) is 4.33. The highest BCUT2D eigenvalue weighted by Gasteiger charge is 2.22. The first-order chi connectivity index (χ1) is 10.8. The minimum Gasteiger partial charge on any atom is -0.480 e. The first kappa shape index (κ1) is 20.1. The molecule has 0 aliphatic carbocycles. The van der Waals surface area contributed by atoms with Gasteiger partial charge in [-0.15, -0.1) is 23.7 Å². The number of hydrogen-bond donors (Lipinski definition) is 2. The van der Waals surface area contributed by atoms with Gasteiger partial charge in [-0.2, -0.15) is 0 Å². The van der Waals surface area contributed by atoms with Gasteiger partial charge in [-0.05, 0) is 25.3 Å². The van der Waals surface area contributed by atoms with Gasteiger partial charge in [-0.1, -0.05) is 13.8 Å². The number of carbonyl (C=O) groups is 2. The molecule has 2 heterocycles. The summed E-state index contributed by atoms with van der Waals surface area (Å²) in [6, 6.07) is -0.802. The second kappa shape index (κ2) is 8.25. The summed E-state index contributed by atoms with van der Waals surface area (Å²) in [6.07, 6.45) is 1.35. The van der Waals surface area contributed by atoms with Gasteiger partial charge in [0.2, 0.25) is 0 Å². The molecule has 1 atom stereocenters. The van der Waals surface area contributed by atoms with Gasteiger partial charge in [0.05, 0.1) is 12.0 Å². The molecule has 2 aromatic rings. The Morgan fingerprint density at radius 3 is 2.58 bits per heavy atom. The molecule has 0 saturated heterocycles. The van der Waals surface area contributed by atoms with Crippen molar-refractivity contribution >= 4 is 51.7 Å². The number of anilines is 1. The Labute approximate surface area is 149 Å². The van der Waals surface area contributed by atoms with Crippen molar-refractivity contribution in [3.8, 4) is 0 Å². The Morgan fingerprint density at radius 1 is 1.33 bits per heavy atom. The van der Waals surface area contributed by atoms with Gasteiger partial charge in [0, 0.05) is 0 Å². The number of aromatic nitrogens is 2. The van der Waals surface area contributed by atoms with Gasteiger partial charge in [-0.3, -0.25) is 4.79 Å². The number of nitrogens with one attached hydrogen (secondary N) is 1. The fraction of sp³-hybridized carbons (Fsp3) is 0.467. The van der Waals surface area contributed by atoms with E-state index in [1.165, 1.54) is 24.6 Å². The second-order valence-electron chi connectivity index (χ2n) is 5.66. The Hall–Kier alpha value is -1.93. The Kier molecular flexibility index (Phi) is 6.92. The van der Waals surface area contributed by atoms with Gasteiger partial charge < -0.3 is 15.2 Å². The van der Waals surface area contributed by atoms with Crippen LogP contribution in [0.3, 0.4) is 0 Å². The normalized spacial score (nSPS) is 11.9. The molecule has 2 aromatic heterocycles. The smallest absolute Gasteiger partial charge is 0.348 e. The van der Waals surface area contributed by atoms with E-state index in [1.54, 1.807) is 6.92 Å². The number of ether oxygens (including phenoxy) is 1. The molecule has 0 aromatic carbocycles. The Balaban J connectivity index is 0.00000288. The molecule has 24 heavy (non-hydrogen) atoms. The highest BCUT2D eigenvalue weighted by Crippen LogP contribution is 2.33. The first-order valence-corrected chi connectivity index (χ1v) is 8.03. The number of halogens is 1. The molecular formula is C15H20ClN3O4S. The van der Waals surface area contributed by atoms with Crippen LogP contribution in [0.2, 0.25) is 0 Å². The molecule has 0 amide bonds. The van der Waals surface area contributed by atoms with Crippen LogP contribution in [0.1, 0.15) is 36.0 Å². The predicted molar refractivity (Wildman–Crippen MR) is 95.2 cm³/mol. The largest absolute Gasteiger partial charge is 0.480 e. The first-order valence-electron chi connectivity index (χ1n) is 7.21. The van der Waals surface area contributed by atoms with Crippen molar-refractivity contribution in [2.75, 3.05) is 11.9 Å². The van der Waals surface area contributed by atoms with E-state index >= 15 is 0 Å². The number of nitrogens with zero attached hydrogens (tertiary/aromatic N) is 2. The van der Waals surface area contributed by atoms with Crippen molar-refractivity contribution in [1.29, 1.82) is 0 Å². The van der Waals surface area contributed by atoms with E-state index < -0.39 is 18.0 Å². The highest BCUT2D eigenvalue weighted by molar-refractivity contribution is 7.20. The summed E-state index contributed by atoms with van der Waals surface area (Å²) in [5, 5.41) is 12.5. The van der Waals surface area contributed by atoms with E-state index in [-0.39, 0.29) is 18.3 Å². The quantitative estimate of drug-likeness (QED) is 0.750. The number of fused-ring (bicyclic) bond motifs is 1. The summed E-state index contributed by atoms with van der Waals surface area (Å²) in [5.74, 6) is -0.721. The number of aryl methyl sites for hydroxylation is 1. The molecule has 0 spiro atoms. The van der Waals surface area contributed by atoms with Gasteiger partial charge in [0.15, 0.2) is 0 Å². The lowest BCUT2D eigenvalue weighted by atomic mass is 10.2. The molecule has 2 rings (SSSR count). The van der Waals surface area contributed by atoms with Crippen molar-refractivity contribution in [2.24, 2.45) is 5.92 Å². The minimum atomic E-state index is -0.985. The number of carboxylic acids is 1. The molecule has 0 aliphatic rings. The SMILES string of the molecule is Cc1c(C(=O)OCC(C)C)sc2ncnc(NC(C)C(=O)O)c12.Cl. The van der Waals surface area contributed by atoms with E-state index in [4.69, 9.17) is 9.84 Å². The maximum Gasteiger partial charge on any atom is 0.348 e. The Bertz CT molecular complexity index is 748. The van der Waals surface area contributed by atoms with Gasteiger partial charge >= 0.3 is 11.9 Å². The van der Waals surface area contributed by atoms with Crippen LogP contribution in [-0.2, 0) is 9.53 Å². The summed E-state index contributed by atoms with van der Waals surface area (Å²) < 4.78 is 5.27. The lowest BCUT2D eigenvalue weighted by Gasteiger charge is -2.11. The third-order valence-corrected chi connectivity index (χ3v) is 4.36. The molecule has 9 heteroatoms. The predicted octanol–water partition coefficient (Wildman–Crippen LogP) is 3.12. The van der Waals surface area contributed by atoms with Crippen LogP contribution in [-0.4, -0.2) is 39.7 Å². The summed E-state index contributed by atoms with van der Waals surface area (Å²) in [5.41, 5.74) is 0.694. The fourth-order valence-corrected chi connectivity index (χ4v) is 2.99. The van der Waals surface area contributed by atoms with Crippen molar-refractivity contribution < 1.29 is 19.4 Å². The van der Waals surface area contributed by atoms with Gasteiger partial charge in [0.25, 0.3) is 0 Å². The average molecular weight is 374 g/mol. The lowest BCUT2D eigenvalue weighted by molar-refractivity contribution is -0.137. The van der Waals surface area contributed by atoms with Crippen molar-refractivity contribution in [3.63, 3.8) is 0 Å². The van der Waals surface area contributed by atoms with Crippen LogP contribution < -0.4 is 5.32 Å². The van der Waals surface area contributed by atoms with E-state index in [0.717, 1.165) is 0 Å². The van der Waals surface area contributed by atoms with E-state index in [9.17, 15) is 9.59 Å². The summed E-state index contributed by atoms with van der Waals surface area (Å²) in [4.78, 5) is 32.6. The van der Waals surface area contributed by atoms with E-state index in [0.29, 0.717) is 33.1 Å². The monoisotopic (exact) mass is 373 g/mol. The molecule has 0 bridgehead atoms. The molecular weight excluding hydrogens is 354 g/mol. The van der Waals surface area contributed by atoms with E-state index in [1.807, 2.05) is 13.8 Å². The van der Waals surface area contributed by atoms with Crippen LogP contribution in [0.5, 0.6) is 0 Å². The van der Waals surface area contributed by atoms with Crippen LogP contribution in [0.25, 0.3) is 10.2 Å². The van der Waals surface area contributed by atoms with Crippen molar-refractivity contribution in [3.05, 3.63) is 16.8 Å². The van der Waals surface area contributed by atoms with E-state index in [2.05, 4.69) is 15.3 Å². The van der Waals surface area contributed by atoms with Gasteiger partial charge in [0.1, 0.15) is 27.9 Å². The number of rotatable bonds is 6.